The summed E-state index contributed by atoms with van der Waals surface area (Å²) in [6, 6.07) is 14.7. The normalized spacial score (nSPS) is 15.4. The van der Waals surface area contributed by atoms with Gasteiger partial charge in [-0.05, 0) is 24.3 Å². The lowest BCUT2D eigenvalue weighted by atomic mass is 10.1. The van der Waals surface area contributed by atoms with Crippen molar-refractivity contribution in [2.75, 3.05) is 6.61 Å². The fourth-order valence-corrected chi connectivity index (χ4v) is 3.11. The summed E-state index contributed by atoms with van der Waals surface area (Å²) in [5.74, 6) is 0.907. The smallest absolute Gasteiger partial charge is 0.283 e. The molecule has 1 aromatic heterocycles. The predicted octanol–water partition coefficient (Wildman–Crippen LogP) is 3.00. The first-order valence-electron chi connectivity index (χ1n) is 9.32. The highest BCUT2D eigenvalue weighted by molar-refractivity contribution is 5.97. The molecule has 7 nitrogen and oxygen atoms in total. The minimum absolute atomic E-state index is 0.0649. The second-order valence-electron chi connectivity index (χ2n) is 6.46. The summed E-state index contributed by atoms with van der Waals surface area (Å²) >= 11 is 0. The van der Waals surface area contributed by atoms with Crippen LogP contribution in [0.25, 0.3) is 17.0 Å². The summed E-state index contributed by atoms with van der Waals surface area (Å²) in [6.45, 7) is 2.05. The number of rotatable bonds is 4. The zero-order chi connectivity index (χ0) is 20.2. The number of furan rings is 1. The average Bonchev–Trinajstić information content (AvgIpc) is 3.13. The van der Waals surface area contributed by atoms with Crippen LogP contribution in [-0.2, 0) is 16.0 Å². The van der Waals surface area contributed by atoms with E-state index in [2.05, 4.69) is 10.9 Å². The largest absolute Gasteiger partial charge is 0.485 e. The van der Waals surface area contributed by atoms with Crippen LogP contribution in [0.2, 0.25) is 0 Å². The van der Waals surface area contributed by atoms with Gasteiger partial charge in [0.1, 0.15) is 18.0 Å². The molecule has 0 bridgehead atoms. The third kappa shape index (κ3) is 3.94. The zero-order valence-electron chi connectivity index (χ0n) is 15.8. The summed E-state index contributed by atoms with van der Waals surface area (Å²) in [5.41, 5.74) is 6.34. The maximum atomic E-state index is 12.3. The minimum Gasteiger partial charge on any atom is -0.485 e. The van der Waals surface area contributed by atoms with Crippen LogP contribution >= 0.6 is 0 Å². The van der Waals surface area contributed by atoms with Gasteiger partial charge in [-0.2, -0.15) is 0 Å². The molecule has 1 atom stereocenters. The van der Waals surface area contributed by atoms with E-state index >= 15 is 0 Å². The van der Waals surface area contributed by atoms with Gasteiger partial charge in [-0.15, -0.1) is 0 Å². The molecule has 0 radical (unpaired) electrons. The molecule has 2 N–H and O–H groups in total. The van der Waals surface area contributed by atoms with Crippen molar-refractivity contribution in [3.63, 3.8) is 0 Å². The maximum absolute atomic E-state index is 12.3. The quantitative estimate of drug-likeness (QED) is 0.526. The van der Waals surface area contributed by atoms with Crippen LogP contribution < -0.4 is 20.3 Å². The Kier molecular flexibility index (Phi) is 5.20. The van der Waals surface area contributed by atoms with Crippen LogP contribution in [-0.4, -0.2) is 24.5 Å². The maximum Gasteiger partial charge on any atom is 0.283 e. The Morgan fingerprint density at radius 3 is 2.66 bits per heavy atom. The van der Waals surface area contributed by atoms with Crippen molar-refractivity contribution in [1.29, 1.82) is 0 Å². The molecule has 2 heterocycles. The molecule has 0 aliphatic carbocycles. The summed E-state index contributed by atoms with van der Waals surface area (Å²) in [6.07, 6.45) is 2.89. The second-order valence-corrected chi connectivity index (χ2v) is 6.46. The lowest BCUT2D eigenvalue weighted by Gasteiger charge is -2.25. The number of aryl methyl sites for hydroxylation is 1. The van der Waals surface area contributed by atoms with Gasteiger partial charge in [0.25, 0.3) is 11.8 Å². The fourth-order valence-electron chi connectivity index (χ4n) is 3.11. The van der Waals surface area contributed by atoms with Crippen LogP contribution in [0.5, 0.6) is 11.5 Å². The molecule has 2 aromatic carbocycles. The van der Waals surface area contributed by atoms with Crippen molar-refractivity contribution in [3.8, 4) is 11.5 Å². The van der Waals surface area contributed by atoms with Crippen molar-refractivity contribution in [1.82, 2.24) is 10.9 Å². The number of ether oxygens (including phenoxy) is 2. The van der Waals surface area contributed by atoms with Crippen LogP contribution in [0, 0.1) is 0 Å². The molecule has 3 aromatic rings. The number of benzene rings is 2. The second kappa shape index (κ2) is 8.10. The van der Waals surface area contributed by atoms with Gasteiger partial charge in [-0.1, -0.05) is 37.3 Å². The van der Waals surface area contributed by atoms with E-state index < -0.39 is 17.9 Å². The topological polar surface area (TPSA) is 89.8 Å². The Morgan fingerprint density at radius 2 is 1.83 bits per heavy atom. The van der Waals surface area contributed by atoms with Crippen LogP contribution in [0.3, 0.4) is 0 Å². The van der Waals surface area contributed by atoms with Gasteiger partial charge >= 0.3 is 0 Å². The summed E-state index contributed by atoms with van der Waals surface area (Å²) < 4.78 is 16.9. The van der Waals surface area contributed by atoms with Gasteiger partial charge in [0.15, 0.2) is 11.5 Å². The van der Waals surface area contributed by atoms with E-state index in [4.69, 9.17) is 13.9 Å². The Labute approximate surface area is 167 Å². The molecule has 0 saturated carbocycles. The van der Waals surface area contributed by atoms with E-state index in [9.17, 15) is 9.59 Å². The SMILES string of the molecule is CCc1oc2ccccc2c1/C=C/C(=O)NNC(=O)C1COc2ccccc2O1. The van der Waals surface area contributed by atoms with Gasteiger partial charge in [0.2, 0.25) is 6.10 Å². The van der Waals surface area contributed by atoms with Crippen molar-refractivity contribution >= 4 is 28.9 Å². The zero-order valence-corrected chi connectivity index (χ0v) is 15.8. The molecule has 29 heavy (non-hydrogen) atoms. The number of carbonyl (C=O) groups excluding carboxylic acids is 2. The summed E-state index contributed by atoms with van der Waals surface area (Å²) in [7, 11) is 0. The summed E-state index contributed by atoms with van der Waals surface area (Å²) in [5, 5.41) is 0.934. The molecular formula is C22H20N2O5. The molecular weight excluding hydrogens is 372 g/mol. The molecule has 4 rings (SSSR count). The minimum atomic E-state index is -0.848. The van der Waals surface area contributed by atoms with E-state index in [1.165, 1.54) is 6.08 Å². The standard InChI is InChI=1S/C22H20N2O5/c1-2-16-15(14-7-3-4-8-17(14)28-16)11-12-21(25)23-24-22(26)20-13-27-18-9-5-6-10-19(18)29-20/h3-12,20H,2,13H2,1H3,(H,23,25)(H,24,26)/b12-11+. The van der Waals surface area contributed by atoms with E-state index in [1.54, 1.807) is 24.3 Å². The first kappa shape index (κ1) is 18.6. The summed E-state index contributed by atoms with van der Waals surface area (Å²) in [4.78, 5) is 24.4. The van der Waals surface area contributed by atoms with Gasteiger partial charge in [-0.3, -0.25) is 20.4 Å². The van der Waals surface area contributed by atoms with Gasteiger partial charge in [0, 0.05) is 23.4 Å². The van der Waals surface area contributed by atoms with Crippen molar-refractivity contribution in [2.24, 2.45) is 0 Å². The molecule has 1 unspecified atom stereocenters. The molecule has 2 amide bonds. The highest BCUT2D eigenvalue weighted by Crippen LogP contribution is 2.31. The van der Waals surface area contributed by atoms with Crippen molar-refractivity contribution < 1.29 is 23.5 Å². The number of carbonyl (C=O) groups is 2. The number of hydrogen-bond acceptors (Lipinski definition) is 5. The lowest BCUT2D eigenvalue weighted by molar-refractivity contribution is -0.134. The number of hydrogen-bond donors (Lipinski definition) is 2. The van der Waals surface area contributed by atoms with Gasteiger partial charge in [-0.25, -0.2) is 0 Å². The molecule has 1 aliphatic rings. The van der Waals surface area contributed by atoms with Crippen LogP contribution in [0.1, 0.15) is 18.2 Å². The number of amides is 2. The van der Waals surface area contributed by atoms with E-state index in [1.807, 2.05) is 37.3 Å². The molecule has 0 spiro atoms. The molecule has 148 valence electrons. The Bertz CT molecular complexity index is 1090. The number of hydrazine groups is 1. The first-order valence-corrected chi connectivity index (χ1v) is 9.32. The first-order chi connectivity index (χ1) is 14.2. The van der Waals surface area contributed by atoms with Crippen molar-refractivity contribution in [2.45, 2.75) is 19.4 Å². The molecule has 1 aliphatic heterocycles. The van der Waals surface area contributed by atoms with E-state index in [0.717, 1.165) is 22.3 Å². The third-order valence-electron chi connectivity index (χ3n) is 4.54. The van der Waals surface area contributed by atoms with Crippen LogP contribution in [0.4, 0.5) is 0 Å². The van der Waals surface area contributed by atoms with Gasteiger partial charge in [0.05, 0.1) is 0 Å². The average molecular weight is 392 g/mol. The number of para-hydroxylation sites is 3. The highest BCUT2D eigenvalue weighted by Gasteiger charge is 2.27. The molecule has 0 fully saturated rings. The monoisotopic (exact) mass is 392 g/mol. The number of nitrogens with one attached hydrogen (secondary N) is 2. The fraction of sp³-hybridized carbons (Fsp3) is 0.182. The molecule has 0 saturated heterocycles. The van der Waals surface area contributed by atoms with E-state index in [-0.39, 0.29) is 6.61 Å². The van der Waals surface area contributed by atoms with Gasteiger partial charge < -0.3 is 13.9 Å². The highest BCUT2D eigenvalue weighted by atomic mass is 16.6. The predicted molar refractivity (Wildman–Crippen MR) is 107 cm³/mol. The van der Waals surface area contributed by atoms with Crippen molar-refractivity contribution in [3.05, 3.63) is 65.9 Å². The van der Waals surface area contributed by atoms with E-state index in [0.29, 0.717) is 17.9 Å². The Balaban J connectivity index is 1.37. The Hall–Kier alpha value is -3.74. The Morgan fingerprint density at radius 1 is 1.07 bits per heavy atom. The lowest BCUT2D eigenvalue weighted by Crippen LogP contribution is -2.50. The van der Waals surface area contributed by atoms with Crippen LogP contribution in [0.15, 0.2) is 59.0 Å². The third-order valence-corrected chi connectivity index (χ3v) is 4.54. The number of fused-ring (bicyclic) bond motifs is 2. The molecule has 7 heteroatoms.